The molecule has 0 amide bonds. The molecule has 21 heavy (non-hydrogen) atoms. The highest BCUT2D eigenvalue weighted by Gasteiger charge is 2.10. The topological polar surface area (TPSA) is 84.0 Å². The van der Waals surface area contributed by atoms with Crippen molar-refractivity contribution in [3.8, 4) is 6.07 Å². The SMILES string of the molecule is N#Cc1cc(F)cc(CS(=O)c2ccc([N+](=O)[O-])cc2)c1. The number of benzene rings is 2. The van der Waals surface area contributed by atoms with Crippen LogP contribution in [0.5, 0.6) is 0 Å². The molecule has 0 bridgehead atoms. The van der Waals surface area contributed by atoms with Crippen molar-refractivity contribution in [1.29, 1.82) is 5.26 Å². The van der Waals surface area contributed by atoms with E-state index in [-0.39, 0.29) is 17.0 Å². The van der Waals surface area contributed by atoms with Crippen molar-refractivity contribution in [1.82, 2.24) is 0 Å². The molecule has 0 radical (unpaired) electrons. The Bertz CT molecular complexity index is 754. The van der Waals surface area contributed by atoms with E-state index in [1.54, 1.807) is 0 Å². The molecule has 0 N–H and O–H groups in total. The fraction of sp³-hybridized carbons (Fsp3) is 0.0714. The van der Waals surface area contributed by atoms with Gasteiger partial charge < -0.3 is 0 Å². The normalized spacial score (nSPS) is 11.6. The first kappa shape index (κ1) is 14.8. The van der Waals surface area contributed by atoms with Crippen LogP contribution in [0.15, 0.2) is 47.4 Å². The molecule has 0 aliphatic heterocycles. The summed E-state index contributed by atoms with van der Waals surface area (Å²) in [5, 5.41) is 19.3. The molecule has 2 aromatic rings. The molecule has 106 valence electrons. The summed E-state index contributed by atoms with van der Waals surface area (Å²) in [6.45, 7) is 0. The minimum atomic E-state index is -1.47. The molecule has 0 aromatic heterocycles. The van der Waals surface area contributed by atoms with Crippen LogP contribution >= 0.6 is 0 Å². The molecule has 2 rings (SSSR count). The Kier molecular flexibility index (Phi) is 4.40. The van der Waals surface area contributed by atoms with Crippen molar-refractivity contribution >= 4 is 16.5 Å². The highest BCUT2D eigenvalue weighted by atomic mass is 32.2. The summed E-state index contributed by atoms with van der Waals surface area (Å²) in [4.78, 5) is 10.4. The van der Waals surface area contributed by atoms with E-state index in [1.807, 2.05) is 6.07 Å². The first-order valence-electron chi connectivity index (χ1n) is 5.82. The summed E-state index contributed by atoms with van der Waals surface area (Å²) in [7, 11) is -1.47. The second-order valence-electron chi connectivity index (χ2n) is 4.20. The first-order valence-corrected chi connectivity index (χ1v) is 7.14. The van der Waals surface area contributed by atoms with Crippen LogP contribution in [0.2, 0.25) is 0 Å². The number of halogens is 1. The van der Waals surface area contributed by atoms with Crippen molar-refractivity contribution in [3.05, 3.63) is 69.5 Å². The fourth-order valence-corrected chi connectivity index (χ4v) is 2.83. The van der Waals surface area contributed by atoms with Crippen molar-refractivity contribution in [2.45, 2.75) is 10.6 Å². The monoisotopic (exact) mass is 304 g/mol. The number of rotatable bonds is 4. The van der Waals surface area contributed by atoms with Gasteiger partial charge in [0.05, 0.1) is 33.1 Å². The van der Waals surface area contributed by atoms with Gasteiger partial charge >= 0.3 is 0 Å². The first-order chi connectivity index (χ1) is 9.99. The fourth-order valence-electron chi connectivity index (χ4n) is 1.75. The van der Waals surface area contributed by atoms with Gasteiger partial charge in [-0.3, -0.25) is 14.3 Å². The molecule has 0 saturated heterocycles. The van der Waals surface area contributed by atoms with Crippen LogP contribution in [-0.2, 0) is 16.6 Å². The van der Waals surface area contributed by atoms with E-state index in [0.717, 1.165) is 6.07 Å². The van der Waals surface area contributed by atoms with Gasteiger partial charge in [0.2, 0.25) is 0 Å². The smallest absolute Gasteiger partial charge is 0.258 e. The van der Waals surface area contributed by atoms with Gasteiger partial charge in [-0.25, -0.2) is 4.39 Å². The zero-order chi connectivity index (χ0) is 15.4. The Balaban J connectivity index is 2.20. The minimum absolute atomic E-state index is 0.0320. The summed E-state index contributed by atoms with van der Waals surface area (Å²) in [6.07, 6.45) is 0. The van der Waals surface area contributed by atoms with Gasteiger partial charge in [-0.05, 0) is 35.9 Å². The number of non-ortho nitro benzene ring substituents is 1. The van der Waals surface area contributed by atoms with Crippen LogP contribution in [0, 0.1) is 27.3 Å². The maximum Gasteiger partial charge on any atom is 0.269 e. The van der Waals surface area contributed by atoms with Crippen molar-refractivity contribution < 1.29 is 13.5 Å². The largest absolute Gasteiger partial charge is 0.269 e. The predicted molar refractivity (Wildman–Crippen MR) is 74.3 cm³/mol. The number of nitrogens with zero attached hydrogens (tertiary/aromatic N) is 2. The number of nitriles is 1. The van der Waals surface area contributed by atoms with Gasteiger partial charge in [-0.1, -0.05) is 0 Å². The maximum atomic E-state index is 13.3. The lowest BCUT2D eigenvalue weighted by Gasteiger charge is -2.04. The lowest BCUT2D eigenvalue weighted by atomic mass is 10.1. The lowest BCUT2D eigenvalue weighted by molar-refractivity contribution is -0.384. The zero-order valence-corrected chi connectivity index (χ0v) is 11.5. The summed E-state index contributed by atoms with van der Waals surface area (Å²) in [6, 6.07) is 10.9. The third kappa shape index (κ3) is 3.70. The van der Waals surface area contributed by atoms with Gasteiger partial charge in [0.25, 0.3) is 5.69 Å². The van der Waals surface area contributed by atoms with Crippen LogP contribution in [0.3, 0.4) is 0 Å². The van der Waals surface area contributed by atoms with Crippen molar-refractivity contribution in [3.63, 3.8) is 0 Å². The highest BCUT2D eigenvalue weighted by molar-refractivity contribution is 7.84. The van der Waals surface area contributed by atoms with Gasteiger partial charge in [-0.2, -0.15) is 5.26 Å². The van der Waals surface area contributed by atoms with Gasteiger partial charge in [0, 0.05) is 17.0 Å². The Labute approximate surface area is 122 Å². The number of nitro benzene ring substituents is 1. The molecule has 0 fully saturated rings. The van der Waals surface area contributed by atoms with E-state index in [2.05, 4.69) is 0 Å². The number of nitro groups is 1. The van der Waals surface area contributed by atoms with Crippen molar-refractivity contribution in [2.75, 3.05) is 0 Å². The van der Waals surface area contributed by atoms with Crippen LogP contribution in [0.4, 0.5) is 10.1 Å². The molecule has 2 aromatic carbocycles. The summed E-state index contributed by atoms with van der Waals surface area (Å²) >= 11 is 0. The molecule has 1 unspecified atom stereocenters. The average molecular weight is 304 g/mol. The third-order valence-corrected chi connectivity index (χ3v) is 4.09. The number of hydrogen-bond acceptors (Lipinski definition) is 4. The summed E-state index contributed by atoms with van der Waals surface area (Å²) in [5.41, 5.74) is 0.502. The zero-order valence-electron chi connectivity index (χ0n) is 10.7. The van der Waals surface area contributed by atoms with Gasteiger partial charge in [0.15, 0.2) is 0 Å². The quantitative estimate of drug-likeness (QED) is 0.642. The molecule has 0 heterocycles. The average Bonchev–Trinajstić information content (AvgIpc) is 2.46. The minimum Gasteiger partial charge on any atom is -0.258 e. The van der Waals surface area contributed by atoms with E-state index < -0.39 is 21.5 Å². The molecule has 5 nitrogen and oxygen atoms in total. The van der Waals surface area contributed by atoms with Crippen LogP contribution in [-0.4, -0.2) is 9.13 Å². The summed E-state index contributed by atoms with van der Waals surface area (Å²) in [5.74, 6) is -0.533. The summed E-state index contributed by atoms with van der Waals surface area (Å²) < 4.78 is 25.4. The van der Waals surface area contributed by atoms with E-state index in [4.69, 9.17) is 5.26 Å². The van der Waals surface area contributed by atoms with Crippen molar-refractivity contribution in [2.24, 2.45) is 0 Å². The highest BCUT2D eigenvalue weighted by Crippen LogP contribution is 2.18. The van der Waals surface area contributed by atoms with E-state index in [9.17, 15) is 18.7 Å². The molecular formula is C14H9FN2O3S. The van der Waals surface area contributed by atoms with Crippen LogP contribution in [0.25, 0.3) is 0 Å². The third-order valence-electron chi connectivity index (χ3n) is 2.69. The molecular weight excluding hydrogens is 295 g/mol. The molecule has 7 heteroatoms. The number of hydrogen-bond donors (Lipinski definition) is 0. The van der Waals surface area contributed by atoms with E-state index in [0.29, 0.717) is 10.5 Å². The van der Waals surface area contributed by atoms with Crippen LogP contribution < -0.4 is 0 Å². The van der Waals surface area contributed by atoms with E-state index in [1.165, 1.54) is 36.4 Å². The predicted octanol–water partition coefficient (Wildman–Crippen LogP) is 2.91. The molecule has 0 aliphatic carbocycles. The Morgan fingerprint density at radius 3 is 2.48 bits per heavy atom. The standard InChI is InChI=1S/C14H9FN2O3S/c15-12-6-10(8-16)5-11(7-12)9-21(20)14-3-1-13(2-4-14)17(18)19/h1-7H,9H2. The Hall–Kier alpha value is -2.59. The molecule has 0 aliphatic rings. The second-order valence-corrected chi connectivity index (χ2v) is 5.65. The Morgan fingerprint density at radius 2 is 1.90 bits per heavy atom. The molecule has 1 atom stereocenters. The molecule has 0 spiro atoms. The second kappa shape index (κ2) is 6.24. The molecule has 0 saturated carbocycles. The van der Waals surface area contributed by atoms with Gasteiger partial charge in [-0.15, -0.1) is 0 Å². The maximum absolute atomic E-state index is 13.3. The Morgan fingerprint density at radius 1 is 1.24 bits per heavy atom. The van der Waals surface area contributed by atoms with Gasteiger partial charge in [0.1, 0.15) is 5.82 Å². The lowest BCUT2D eigenvalue weighted by Crippen LogP contribution is -1.98. The van der Waals surface area contributed by atoms with E-state index >= 15 is 0 Å². The van der Waals surface area contributed by atoms with Crippen LogP contribution in [0.1, 0.15) is 11.1 Å².